The van der Waals surface area contributed by atoms with Gasteiger partial charge in [0, 0.05) is 19.1 Å². The number of aliphatic hydroxyl groups excluding tert-OH is 1. The Hall–Kier alpha value is -1.10. The maximum absolute atomic E-state index is 9.87. The molecule has 1 saturated carbocycles. The zero-order valence-corrected chi connectivity index (χ0v) is 10.9. The number of hydrogen-bond acceptors (Lipinski definition) is 4. The van der Waals surface area contributed by atoms with Crippen LogP contribution in [0.1, 0.15) is 18.4 Å². The third-order valence-electron chi connectivity index (χ3n) is 3.27. The van der Waals surface area contributed by atoms with Crippen molar-refractivity contribution >= 4 is 0 Å². The number of nitrogens with zero attached hydrogens (tertiary/aromatic N) is 1. The largest absolute Gasteiger partial charge is 0.491 e. The van der Waals surface area contributed by atoms with Crippen molar-refractivity contribution in [1.82, 2.24) is 4.90 Å². The molecule has 4 heteroatoms. The summed E-state index contributed by atoms with van der Waals surface area (Å²) in [6.07, 6.45) is 2.07. The summed E-state index contributed by atoms with van der Waals surface area (Å²) < 4.78 is 5.55. The van der Waals surface area contributed by atoms with Crippen molar-refractivity contribution in [1.29, 1.82) is 0 Å². The molecule has 0 heterocycles. The molecule has 1 aromatic rings. The van der Waals surface area contributed by atoms with Crippen LogP contribution in [-0.4, -0.2) is 42.4 Å². The molecule has 1 unspecified atom stereocenters. The van der Waals surface area contributed by atoms with Gasteiger partial charge < -0.3 is 20.5 Å². The zero-order valence-electron chi connectivity index (χ0n) is 10.9. The van der Waals surface area contributed by atoms with Crippen molar-refractivity contribution in [3.63, 3.8) is 0 Å². The summed E-state index contributed by atoms with van der Waals surface area (Å²) >= 11 is 0. The fourth-order valence-corrected chi connectivity index (χ4v) is 1.96. The van der Waals surface area contributed by atoms with E-state index in [2.05, 4.69) is 11.9 Å². The maximum Gasteiger partial charge on any atom is 0.119 e. The normalized spacial score (nSPS) is 16.9. The van der Waals surface area contributed by atoms with E-state index in [9.17, 15) is 5.11 Å². The molecule has 1 aliphatic carbocycles. The van der Waals surface area contributed by atoms with Crippen LogP contribution in [-0.2, 0) is 6.54 Å². The molecule has 0 saturated heterocycles. The molecule has 1 fully saturated rings. The predicted octanol–water partition coefficient (Wildman–Crippen LogP) is 0.979. The smallest absolute Gasteiger partial charge is 0.119 e. The third-order valence-corrected chi connectivity index (χ3v) is 3.27. The summed E-state index contributed by atoms with van der Waals surface area (Å²) in [5.41, 5.74) is 6.60. The van der Waals surface area contributed by atoms with Crippen LogP contribution in [0.3, 0.4) is 0 Å². The van der Waals surface area contributed by atoms with Gasteiger partial charge in [0.25, 0.3) is 0 Å². The summed E-state index contributed by atoms with van der Waals surface area (Å²) in [5, 5.41) is 9.87. The Kier molecular flexibility index (Phi) is 4.58. The van der Waals surface area contributed by atoms with Crippen molar-refractivity contribution < 1.29 is 9.84 Å². The Morgan fingerprint density at radius 2 is 2.06 bits per heavy atom. The summed E-state index contributed by atoms with van der Waals surface area (Å²) in [4.78, 5) is 2.20. The lowest BCUT2D eigenvalue weighted by molar-refractivity contribution is 0.0742. The Morgan fingerprint density at radius 3 is 2.61 bits per heavy atom. The van der Waals surface area contributed by atoms with Gasteiger partial charge in [-0.25, -0.2) is 0 Å². The molecule has 1 atom stereocenters. The molecule has 0 bridgehead atoms. The first-order valence-corrected chi connectivity index (χ1v) is 6.49. The molecule has 18 heavy (non-hydrogen) atoms. The van der Waals surface area contributed by atoms with Gasteiger partial charge in [0.1, 0.15) is 18.5 Å². The second-order valence-corrected chi connectivity index (χ2v) is 4.98. The zero-order chi connectivity index (χ0) is 13.0. The molecule has 0 aromatic heterocycles. The number of ether oxygens (including phenoxy) is 1. The number of benzene rings is 1. The molecule has 0 aliphatic heterocycles. The quantitative estimate of drug-likeness (QED) is 0.757. The Morgan fingerprint density at radius 1 is 1.39 bits per heavy atom. The molecule has 1 aromatic carbocycles. The van der Waals surface area contributed by atoms with Gasteiger partial charge in [-0.2, -0.15) is 0 Å². The van der Waals surface area contributed by atoms with Crippen molar-refractivity contribution in [2.75, 3.05) is 20.2 Å². The number of rotatable bonds is 7. The molecule has 0 radical (unpaired) electrons. The van der Waals surface area contributed by atoms with E-state index in [4.69, 9.17) is 10.5 Å². The van der Waals surface area contributed by atoms with Gasteiger partial charge in [-0.1, -0.05) is 12.1 Å². The maximum atomic E-state index is 9.87. The highest BCUT2D eigenvalue weighted by atomic mass is 16.5. The fourth-order valence-electron chi connectivity index (χ4n) is 1.96. The lowest BCUT2D eigenvalue weighted by atomic mass is 10.2. The van der Waals surface area contributed by atoms with E-state index in [1.165, 1.54) is 12.8 Å². The highest BCUT2D eigenvalue weighted by Gasteiger charge is 2.27. The van der Waals surface area contributed by atoms with E-state index in [1.807, 2.05) is 24.3 Å². The van der Waals surface area contributed by atoms with Crippen LogP contribution in [0.4, 0.5) is 0 Å². The molecule has 0 amide bonds. The van der Waals surface area contributed by atoms with Gasteiger partial charge in [0.05, 0.1) is 0 Å². The van der Waals surface area contributed by atoms with Gasteiger partial charge in [-0.3, -0.25) is 0 Å². The van der Waals surface area contributed by atoms with E-state index in [0.717, 1.165) is 11.3 Å². The number of likely N-dealkylation sites (N-methyl/N-ethyl adjacent to an activating group) is 1. The second kappa shape index (κ2) is 6.18. The van der Waals surface area contributed by atoms with E-state index in [-0.39, 0.29) is 0 Å². The summed E-state index contributed by atoms with van der Waals surface area (Å²) in [5.74, 6) is 0.778. The van der Waals surface area contributed by atoms with Crippen LogP contribution in [0, 0.1) is 0 Å². The van der Waals surface area contributed by atoms with Crippen molar-refractivity contribution in [3.8, 4) is 5.75 Å². The Balaban J connectivity index is 1.72. The standard InChI is InChI=1S/C14H22N2O2/c1-16(12-4-5-12)9-13(17)10-18-14-6-2-11(8-15)3-7-14/h2-3,6-7,12-13,17H,4-5,8-10,15H2,1H3. The molecule has 100 valence electrons. The average Bonchev–Trinajstić information content (AvgIpc) is 3.21. The first-order chi connectivity index (χ1) is 8.69. The molecular weight excluding hydrogens is 228 g/mol. The van der Waals surface area contributed by atoms with Gasteiger partial charge in [-0.05, 0) is 37.6 Å². The van der Waals surface area contributed by atoms with Crippen LogP contribution >= 0.6 is 0 Å². The van der Waals surface area contributed by atoms with Crippen molar-refractivity contribution in [3.05, 3.63) is 29.8 Å². The number of nitrogens with two attached hydrogens (primary N) is 1. The molecule has 3 N–H and O–H groups in total. The van der Waals surface area contributed by atoms with Gasteiger partial charge >= 0.3 is 0 Å². The lowest BCUT2D eigenvalue weighted by Crippen LogP contribution is -2.34. The van der Waals surface area contributed by atoms with Gasteiger partial charge in [0.15, 0.2) is 0 Å². The first kappa shape index (κ1) is 13.3. The Bertz CT molecular complexity index is 363. The molecule has 4 nitrogen and oxygen atoms in total. The number of aliphatic hydroxyl groups is 1. The fraction of sp³-hybridized carbons (Fsp3) is 0.571. The minimum atomic E-state index is -0.440. The van der Waals surface area contributed by atoms with Crippen molar-refractivity contribution in [2.45, 2.75) is 31.5 Å². The van der Waals surface area contributed by atoms with E-state index in [1.54, 1.807) is 0 Å². The van der Waals surface area contributed by atoms with Crippen LogP contribution in [0.5, 0.6) is 5.75 Å². The summed E-state index contributed by atoms with van der Waals surface area (Å²) in [6.45, 7) is 1.54. The molecule has 0 spiro atoms. The van der Waals surface area contributed by atoms with Crippen LogP contribution in [0.15, 0.2) is 24.3 Å². The highest BCUT2D eigenvalue weighted by molar-refractivity contribution is 5.27. The minimum absolute atomic E-state index is 0.332. The first-order valence-electron chi connectivity index (χ1n) is 6.49. The van der Waals surface area contributed by atoms with E-state index >= 15 is 0 Å². The van der Waals surface area contributed by atoms with Crippen LogP contribution in [0.25, 0.3) is 0 Å². The monoisotopic (exact) mass is 250 g/mol. The summed E-state index contributed by atoms with van der Waals surface area (Å²) in [6, 6.07) is 8.33. The minimum Gasteiger partial charge on any atom is -0.491 e. The lowest BCUT2D eigenvalue weighted by Gasteiger charge is -2.20. The van der Waals surface area contributed by atoms with Gasteiger partial charge in [-0.15, -0.1) is 0 Å². The molecule has 2 rings (SSSR count). The topological polar surface area (TPSA) is 58.7 Å². The van der Waals surface area contributed by atoms with Crippen LogP contribution < -0.4 is 10.5 Å². The average molecular weight is 250 g/mol. The third kappa shape index (κ3) is 3.98. The van der Waals surface area contributed by atoms with E-state index in [0.29, 0.717) is 25.7 Å². The SMILES string of the molecule is CN(CC(O)COc1ccc(CN)cc1)C1CC1. The van der Waals surface area contributed by atoms with Crippen LogP contribution in [0.2, 0.25) is 0 Å². The van der Waals surface area contributed by atoms with Crippen molar-refractivity contribution in [2.24, 2.45) is 5.73 Å². The summed E-state index contributed by atoms with van der Waals surface area (Å²) in [7, 11) is 2.05. The second-order valence-electron chi connectivity index (χ2n) is 4.98. The molecular formula is C14H22N2O2. The molecule has 1 aliphatic rings. The highest BCUT2D eigenvalue weighted by Crippen LogP contribution is 2.25. The Labute approximate surface area is 108 Å². The van der Waals surface area contributed by atoms with Gasteiger partial charge in [0.2, 0.25) is 0 Å². The number of hydrogen-bond donors (Lipinski definition) is 2. The predicted molar refractivity (Wildman–Crippen MR) is 71.5 cm³/mol. The van der Waals surface area contributed by atoms with E-state index < -0.39 is 6.10 Å².